The maximum atomic E-state index is 12.8. The molecule has 7 heteroatoms. The molecule has 0 saturated heterocycles. The number of aromatic nitrogens is 1. The van der Waals surface area contributed by atoms with Crippen molar-refractivity contribution in [3.63, 3.8) is 0 Å². The zero-order valence-electron chi connectivity index (χ0n) is 15.3. The van der Waals surface area contributed by atoms with E-state index in [-0.39, 0.29) is 17.7 Å². The van der Waals surface area contributed by atoms with E-state index < -0.39 is 17.8 Å². The lowest BCUT2D eigenvalue weighted by atomic mass is 9.82. The number of carboxylic acids is 1. The van der Waals surface area contributed by atoms with E-state index in [2.05, 4.69) is 10.3 Å². The maximum Gasteiger partial charge on any atom is 0.307 e. The molecule has 0 aliphatic heterocycles. The molecule has 146 valence electrons. The number of thiazole rings is 1. The molecule has 2 aliphatic carbocycles. The van der Waals surface area contributed by atoms with Gasteiger partial charge in [0.15, 0.2) is 5.13 Å². The summed E-state index contributed by atoms with van der Waals surface area (Å²) >= 11 is 1.35. The molecule has 1 amide bonds. The lowest BCUT2D eigenvalue weighted by Gasteiger charge is -2.23. The van der Waals surface area contributed by atoms with Crippen molar-refractivity contribution in [3.8, 4) is 11.5 Å². The molecule has 4 atom stereocenters. The van der Waals surface area contributed by atoms with Gasteiger partial charge in [-0.05, 0) is 42.5 Å². The smallest absolute Gasteiger partial charge is 0.307 e. The number of nitrogens with zero attached hydrogens (tertiary/aromatic N) is 1. The zero-order valence-corrected chi connectivity index (χ0v) is 16.1. The summed E-state index contributed by atoms with van der Waals surface area (Å²) in [6.07, 6.45) is 4.63. The molecule has 6 nitrogen and oxygen atoms in total. The number of ether oxygens (including phenoxy) is 1. The Labute approximate surface area is 170 Å². The van der Waals surface area contributed by atoms with Crippen molar-refractivity contribution < 1.29 is 19.4 Å². The SMILES string of the molecule is O=C(O)C1C2C=CC(C2)C1C(=O)Nc1nc2ccc(Oc3ccccc3)cc2s1. The summed E-state index contributed by atoms with van der Waals surface area (Å²) in [5.41, 5.74) is 0.758. The number of anilines is 1. The van der Waals surface area contributed by atoms with Crippen molar-refractivity contribution in [2.24, 2.45) is 23.7 Å². The standard InChI is InChI=1S/C22H18N2O4S/c25-20(18-12-6-7-13(10-12)19(18)21(26)27)24-22-23-16-9-8-15(11-17(16)29-22)28-14-4-2-1-3-5-14/h1-9,11-13,18-19H,10H2,(H,26,27)(H,23,24,25). The number of para-hydroxylation sites is 1. The van der Waals surface area contributed by atoms with Crippen LogP contribution in [0.2, 0.25) is 0 Å². The fraction of sp³-hybridized carbons (Fsp3) is 0.227. The summed E-state index contributed by atoms with van der Waals surface area (Å²) in [6.45, 7) is 0. The Morgan fingerprint density at radius 1 is 1.03 bits per heavy atom. The molecule has 2 N–H and O–H groups in total. The van der Waals surface area contributed by atoms with Crippen LogP contribution in [0.1, 0.15) is 6.42 Å². The van der Waals surface area contributed by atoms with Gasteiger partial charge >= 0.3 is 5.97 Å². The van der Waals surface area contributed by atoms with Crippen molar-refractivity contribution in [1.29, 1.82) is 0 Å². The summed E-state index contributed by atoms with van der Waals surface area (Å²) in [5, 5.41) is 12.9. The van der Waals surface area contributed by atoms with E-state index in [0.717, 1.165) is 22.4 Å². The minimum absolute atomic E-state index is 0.0126. The number of rotatable bonds is 5. The van der Waals surface area contributed by atoms with Crippen molar-refractivity contribution in [3.05, 3.63) is 60.7 Å². The van der Waals surface area contributed by atoms with Crippen LogP contribution in [0.5, 0.6) is 11.5 Å². The highest BCUT2D eigenvalue weighted by Gasteiger charge is 2.51. The number of allylic oxidation sites excluding steroid dienone is 2. The quantitative estimate of drug-likeness (QED) is 0.607. The third-order valence-electron chi connectivity index (χ3n) is 5.62. The number of amides is 1. The molecule has 1 fully saturated rings. The number of nitrogens with one attached hydrogen (secondary N) is 1. The fourth-order valence-corrected chi connectivity index (χ4v) is 5.25. The first-order valence-corrected chi connectivity index (χ1v) is 10.3. The number of fused-ring (bicyclic) bond motifs is 3. The van der Waals surface area contributed by atoms with Gasteiger partial charge in [-0.1, -0.05) is 41.7 Å². The van der Waals surface area contributed by atoms with E-state index in [4.69, 9.17) is 4.74 Å². The molecule has 2 aliphatic rings. The van der Waals surface area contributed by atoms with Gasteiger partial charge in [0.2, 0.25) is 5.91 Å². The molecule has 1 heterocycles. The molecule has 0 radical (unpaired) electrons. The number of carbonyl (C=O) groups is 2. The van der Waals surface area contributed by atoms with Gasteiger partial charge in [0.05, 0.1) is 22.1 Å². The molecule has 2 bridgehead atoms. The predicted octanol–water partition coefficient (Wildman–Crippen LogP) is 4.55. The minimum Gasteiger partial charge on any atom is -0.481 e. The highest BCUT2D eigenvalue weighted by molar-refractivity contribution is 7.22. The normalized spacial score (nSPS) is 24.7. The summed E-state index contributed by atoms with van der Waals surface area (Å²) in [4.78, 5) is 29.0. The molecule has 4 unspecified atom stereocenters. The van der Waals surface area contributed by atoms with E-state index >= 15 is 0 Å². The number of aliphatic carboxylic acids is 1. The number of benzene rings is 2. The van der Waals surface area contributed by atoms with Gasteiger partial charge in [0.25, 0.3) is 0 Å². The first-order valence-electron chi connectivity index (χ1n) is 9.44. The average Bonchev–Trinajstić information content (AvgIpc) is 3.42. The summed E-state index contributed by atoms with van der Waals surface area (Å²) < 4.78 is 6.74. The lowest BCUT2D eigenvalue weighted by Crippen LogP contribution is -2.36. The van der Waals surface area contributed by atoms with Crippen molar-refractivity contribution in [2.75, 3.05) is 5.32 Å². The molecule has 29 heavy (non-hydrogen) atoms. The topological polar surface area (TPSA) is 88.5 Å². The van der Waals surface area contributed by atoms with Crippen LogP contribution in [0.15, 0.2) is 60.7 Å². The monoisotopic (exact) mass is 406 g/mol. The van der Waals surface area contributed by atoms with Crippen LogP contribution in [0.3, 0.4) is 0 Å². The zero-order chi connectivity index (χ0) is 20.0. The van der Waals surface area contributed by atoms with E-state index in [9.17, 15) is 14.7 Å². The maximum absolute atomic E-state index is 12.8. The van der Waals surface area contributed by atoms with Crippen LogP contribution in [0.25, 0.3) is 10.2 Å². The van der Waals surface area contributed by atoms with Gasteiger partial charge in [-0.15, -0.1) is 0 Å². The number of carboxylic acid groups (broad SMARTS) is 1. The fourth-order valence-electron chi connectivity index (χ4n) is 4.35. The first kappa shape index (κ1) is 17.9. The van der Waals surface area contributed by atoms with Gasteiger partial charge in [-0.25, -0.2) is 4.98 Å². The third-order valence-corrected chi connectivity index (χ3v) is 6.55. The largest absolute Gasteiger partial charge is 0.481 e. The molecule has 1 saturated carbocycles. The summed E-state index contributed by atoms with van der Waals surface area (Å²) in [5.74, 6) is -1.02. The van der Waals surface area contributed by atoms with E-state index in [1.54, 1.807) is 0 Å². The Kier molecular flexibility index (Phi) is 4.32. The molecule has 5 rings (SSSR count). The first-order chi connectivity index (χ1) is 14.1. The second kappa shape index (κ2) is 7.00. The van der Waals surface area contributed by atoms with Crippen molar-refractivity contribution in [1.82, 2.24) is 4.98 Å². The van der Waals surface area contributed by atoms with E-state index in [1.807, 2.05) is 60.7 Å². The predicted molar refractivity (Wildman–Crippen MR) is 110 cm³/mol. The molecule has 1 aromatic heterocycles. The summed E-state index contributed by atoms with van der Waals surface area (Å²) in [6, 6.07) is 15.1. The van der Waals surface area contributed by atoms with E-state index in [1.165, 1.54) is 11.3 Å². The third kappa shape index (κ3) is 3.27. The highest BCUT2D eigenvalue weighted by Crippen LogP contribution is 2.48. The van der Waals surface area contributed by atoms with Gasteiger partial charge in [0, 0.05) is 6.07 Å². The Morgan fingerprint density at radius 2 is 1.79 bits per heavy atom. The second-order valence-corrected chi connectivity index (χ2v) is 8.42. The van der Waals surface area contributed by atoms with Crippen LogP contribution in [0, 0.1) is 23.7 Å². The van der Waals surface area contributed by atoms with Crippen molar-refractivity contribution >= 4 is 38.6 Å². The molecule has 2 aromatic carbocycles. The van der Waals surface area contributed by atoms with Crippen LogP contribution in [-0.2, 0) is 9.59 Å². The molecule has 3 aromatic rings. The summed E-state index contributed by atoms with van der Waals surface area (Å²) in [7, 11) is 0. The van der Waals surface area contributed by atoms with Gasteiger partial charge < -0.3 is 15.2 Å². The van der Waals surface area contributed by atoms with Gasteiger partial charge in [-0.2, -0.15) is 0 Å². The number of carbonyl (C=O) groups excluding carboxylic acids is 1. The number of hydrogen-bond donors (Lipinski definition) is 2. The van der Waals surface area contributed by atoms with E-state index in [0.29, 0.717) is 10.9 Å². The minimum atomic E-state index is -0.908. The van der Waals surface area contributed by atoms with Crippen LogP contribution >= 0.6 is 11.3 Å². The average molecular weight is 406 g/mol. The Balaban J connectivity index is 1.35. The lowest BCUT2D eigenvalue weighted by molar-refractivity contribution is -0.146. The van der Waals surface area contributed by atoms with Crippen molar-refractivity contribution in [2.45, 2.75) is 6.42 Å². The number of hydrogen-bond acceptors (Lipinski definition) is 5. The Hall–Kier alpha value is -3.19. The van der Waals surface area contributed by atoms with Gasteiger partial charge in [0.1, 0.15) is 11.5 Å². The molecular weight excluding hydrogens is 388 g/mol. The Bertz CT molecular complexity index is 1120. The Morgan fingerprint density at radius 3 is 2.55 bits per heavy atom. The molecule has 0 spiro atoms. The van der Waals surface area contributed by atoms with Crippen LogP contribution in [0.4, 0.5) is 5.13 Å². The highest BCUT2D eigenvalue weighted by atomic mass is 32.1. The molecular formula is C22H18N2O4S. The van der Waals surface area contributed by atoms with Crippen LogP contribution in [-0.4, -0.2) is 22.0 Å². The van der Waals surface area contributed by atoms with Crippen LogP contribution < -0.4 is 10.1 Å². The second-order valence-electron chi connectivity index (χ2n) is 7.39. The van der Waals surface area contributed by atoms with Gasteiger partial charge in [-0.3, -0.25) is 9.59 Å².